The second-order valence-corrected chi connectivity index (χ2v) is 6.50. The van der Waals surface area contributed by atoms with Crippen molar-refractivity contribution in [3.05, 3.63) is 77.7 Å². The fourth-order valence-electron chi connectivity index (χ4n) is 2.33. The van der Waals surface area contributed by atoms with Gasteiger partial charge in [-0.3, -0.25) is 5.43 Å². The number of nitrogens with one attached hydrogen (secondary N) is 1. The molecule has 2 aromatic carbocycles. The molecule has 3 rings (SSSR count). The maximum absolute atomic E-state index is 5.62. The average molecular weight is 349 g/mol. The van der Waals surface area contributed by atoms with Gasteiger partial charge in [0, 0.05) is 16.0 Å². The molecule has 0 fully saturated rings. The topological polar surface area (TPSA) is 46.5 Å². The highest BCUT2D eigenvalue weighted by atomic mass is 32.1. The minimum atomic E-state index is 0.463. The van der Waals surface area contributed by atoms with Crippen LogP contribution in [0.25, 0.3) is 11.3 Å². The van der Waals surface area contributed by atoms with Crippen molar-refractivity contribution in [2.75, 3.05) is 12.0 Å². The Morgan fingerprint density at radius 1 is 1.16 bits per heavy atom. The Labute approximate surface area is 151 Å². The molecular weight excluding hydrogens is 330 g/mol. The number of anilines is 1. The quantitative estimate of drug-likeness (QED) is 0.365. The second-order valence-electron chi connectivity index (χ2n) is 5.30. The first kappa shape index (κ1) is 16.9. The molecule has 0 aliphatic carbocycles. The van der Waals surface area contributed by atoms with E-state index in [4.69, 9.17) is 4.74 Å². The first-order chi connectivity index (χ1) is 12.3. The van der Waals surface area contributed by atoms with E-state index in [9.17, 15) is 0 Å². The van der Waals surface area contributed by atoms with E-state index >= 15 is 0 Å². The monoisotopic (exact) mass is 349 g/mol. The van der Waals surface area contributed by atoms with Crippen molar-refractivity contribution >= 4 is 22.7 Å². The number of nitrogens with zero attached hydrogens (tertiary/aromatic N) is 2. The van der Waals surface area contributed by atoms with E-state index < -0.39 is 0 Å². The van der Waals surface area contributed by atoms with Crippen molar-refractivity contribution in [1.82, 2.24) is 4.98 Å². The molecule has 4 nitrogen and oxygen atoms in total. The highest BCUT2D eigenvalue weighted by Gasteiger charge is 2.08. The lowest BCUT2D eigenvalue weighted by atomic mass is 10.1. The maximum Gasteiger partial charge on any atom is 0.204 e. The number of rotatable bonds is 7. The number of hydrazone groups is 1. The molecule has 1 heterocycles. The van der Waals surface area contributed by atoms with Gasteiger partial charge in [-0.05, 0) is 19.1 Å². The molecule has 0 aliphatic rings. The molecule has 0 atom stereocenters. The Kier molecular flexibility index (Phi) is 5.59. The summed E-state index contributed by atoms with van der Waals surface area (Å²) in [5, 5.41) is 5.06. The molecule has 0 saturated carbocycles. The molecule has 0 amide bonds. The van der Waals surface area contributed by atoms with Gasteiger partial charge in [-0.1, -0.05) is 55.1 Å². The van der Waals surface area contributed by atoms with E-state index in [2.05, 4.69) is 41.1 Å². The van der Waals surface area contributed by atoms with Crippen LogP contribution in [0.5, 0.6) is 5.75 Å². The third kappa shape index (κ3) is 4.33. The first-order valence-corrected chi connectivity index (χ1v) is 8.74. The molecule has 0 unspecified atom stereocenters. The van der Waals surface area contributed by atoms with Crippen LogP contribution < -0.4 is 10.2 Å². The lowest BCUT2D eigenvalue weighted by molar-refractivity contribution is 0.363. The Hall–Kier alpha value is -2.92. The van der Waals surface area contributed by atoms with Crippen LogP contribution in [0, 0.1) is 6.92 Å². The zero-order valence-corrected chi connectivity index (χ0v) is 14.8. The Morgan fingerprint density at radius 2 is 1.92 bits per heavy atom. The van der Waals surface area contributed by atoms with E-state index in [1.54, 1.807) is 23.6 Å². The van der Waals surface area contributed by atoms with Crippen molar-refractivity contribution < 1.29 is 4.74 Å². The third-order valence-corrected chi connectivity index (χ3v) is 4.36. The summed E-state index contributed by atoms with van der Waals surface area (Å²) in [6.45, 7) is 6.19. The van der Waals surface area contributed by atoms with Crippen LogP contribution >= 0.6 is 11.3 Å². The molecule has 1 N–H and O–H groups in total. The number of para-hydroxylation sites is 1. The van der Waals surface area contributed by atoms with Crippen molar-refractivity contribution in [1.29, 1.82) is 0 Å². The van der Waals surface area contributed by atoms with Gasteiger partial charge in [0.15, 0.2) is 0 Å². The zero-order chi connectivity index (χ0) is 17.5. The fraction of sp³-hybridized carbons (Fsp3) is 0.100. The second kappa shape index (κ2) is 8.26. The van der Waals surface area contributed by atoms with Gasteiger partial charge < -0.3 is 4.74 Å². The van der Waals surface area contributed by atoms with E-state index in [1.807, 2.05) is 42.5 Å². The molecule has 0 radical (unpaired) electrons. The highest BCUT2D eigenvalue weighted by molar-refractivity contribution is 7.15. The van der Waals surface area contributed by atoms with Crippen LogP contribution in [-0.2, 0) is 0 Å². The van der Waals surface area contributed by atoms with Gasteiger partial charge >= 0.3 is 0 Å². The number of aryl methyl sites for hydroxylation is 1. The van der Waals surface area contributed by atoms with Crippen molar-refractivity contribution in [3.8, 4) is 17.0 Å². The molecule has 5 heteroatoms. The Bertz CT molecular complexity index is 872. The molecule has 0 bridgehead atoms. The van der Waals surface area contributed by atoms with Gasteiger partial charge in [0.2, 0.25) is 5.13 Å². The van der Waals surface area contributed by atoms with Gasteiger partial charge in [0.25, 0.3) is 0 Å². The van der Waals surface area contributed by atoms with Crippen molar-refractivity contribution in [3.63, 3.8) is 0 Å². The fourth-order valence-corrected chi connectivity index (χ4v) is 3.12. The molecular formula is C20H19N3OS. The molecule has 126 valence electrons. The zero-order valence-electron chi connectivity index (χ0n) is 14.0. The number of benzene rings is 2. The molecule has 25 heavy (non-hydrogen) atoms. The van der Waals surface area contributed by atoms with Gasteiger partial charge in [-0.2, -0.15) is 5.10 Å². The highest BCUT2D eigenvalue weighted by Crippen LogP contribution is 2.30. The summed E-state index contributed by atoms with van der Waals surface area (Å²) < 4.78 is 5.62. The van der Waals surface area contributed by atoms with Crippen LogP contribution in [0.4, 0.5) is 5.13 Å². The SMILES string of the molecule is C=CCOc1ccccc1/C=N/Nc1nc(-c2ccccc2)c(C)s1. The molecule has 0 aliphatic heterocycles. The number of thiazole rings is 1. The molecule has 0 saturated heterocycles. The summed E-state index contributed by atoms with van der Waals surface area (Å²) in [7, 11) is 0. The normalized spacial score (nSPS) is 10.8. The standard InChI is InChI=1S/C20H19N3OS/c1-3-13-24-18-12-8-7-11-17(18)14-21-23-20-22-19(15(2)25-20)16-9-5-4-6-10-16/h3-12,14H,1,13H2,2H3,(H,22,23)/b21-14+. The largest absolute Gasteiger partial charge is 0.489 e. The lowest BCUT2D eigenvalue weighted by Crippen LogP contribution is -1.97. The van der Waals surface area contributed by atoms with Crippen LogP contribution in [0.15, 0.2) is 72.4 Å². The minimum absolute atomic E-state index is 0.463. The van der Waals surface area contributed by atoms with Gasteiger partial charge in [-0.25, -0.2) is 4.98 Å². The summed E-state index contributed by atoms with van der Waals surface area (Å²) in [5.41, 5.74) is 6.00. The maximum atomic E-state index is 5.62. The molecule has 1 aromatic heterocycles. The van der Waals surface area contributed by atoms with Crippen LogP contribution in [0.2, 0.25) is 0 Å². The smallest absolute Gasteiger partial charge is 0.204 e. The van der Waals surface area contributed by atoms with Crippen molar-refractivity contribution in [2.24, 2.45) is 5.10 Å². The summed E-state index contributed by atoms with van der Waals surface area (Å²) in [4.78, 5) is 5.78. The number of aromatic nitrogens is 1. The summed E-state index contributed by atoms with van der Waals surface area (Å²) in [5.74, 6) is 0.772. The van der Waals surface area contributed by atoms with Gasteiger partial charge in [0.05, 0.1) is 11.9 Å². The minimum Gasteiger partial charge on any atom is -0.489 e. The molecule has 0 spiro atoms. The van der Waals surface area contributed by atoms with Gasteiger partial charge in [0.1, 0.15) is 12.4 Å². The van der Waals surface area contributed by atoms with E-state index in [1.165, 1.54) is 0 Å². The van der Waals surface area contributed by atoms with Gasteiger partial charge in [-0.15, -0.1) is 11.3 Å². The van der Waals surface area contributed by atoms with Crippen LogP contribution in [0.3, 0.4) is 0 Å². The first-order valence-electron chi connectivity index (χ1n) is 7.92. The van der Waals surface area contributed by atoms with Crippen LogP contribution in [0.1, 0.15) is 10.4 Å². The lowest BCUT2D eigenvalue weighted by Gasteiger charge is -2.05. The predicted octanol–water partition coefficient (Wildman–Crippen LogP) is 5.13. The number of hydrogen-bond donors (Lipinski definition) is 1. The van der Waals surface area contributed by atoms with Crippen LogP contribution in [-0.4, -0.2) is 17.8 Å². The third-order valence-electron chi connectivity index (χ3n) is 3.48. The van der Waals surface area contributed by atoms with E-state index in [-0.39, 0.29) is 0 Å². The summed E-state index contributed by atoms with van der Waals surface area (Å²) in [6.07, 6.45) is 3.45. The number of ether oxygens (including phenoxy) is 1. The van der Waals surface area contributed by atoms with E-state index in [0.717, 1.165) is 32.6 Å². The summed E-state index contributed by atoms with van der Waals surface area (Å²) in [6, 6.07) is 17.9. The van der Waals surface area contributed by atoms with E-state index in [0.29, 0.717) is 6.61 Å². The Balaban J connectivity index is 1.72. The molecule has 3 aromatic rings. The van der Waals surface area contributed by atoms with Crippen molar-refractivity contribution in [2.45, 2.75) is 6.92 Å². The average Bonchev–Trinajstić information content (AvgIpc) is 3.02. The Morgan fingerprint density at radius 3 is 2.72 bits per heavy atom. The predicted molar refractivity (Wildman–Crippen MR) is 106 cm³/mol. The summed E-state index contributed by atoms with van der Waals surface area (Å²) >= 11 is 1.58. The number of hydrogen-bond acceptors (Lipinski definition) is 5.